The Labute approximate surface area is 121 Å². The van der Waals surface area contributed by atoms with Crippen LogP contribution in [0.3, 0.4) is 0 Å². The van der Waals surface area contributed by atoms with Gasteiger partial charge in [-0.3, -0.25) is 4.98 Å². The third kappa shape index (κ3) is 2.01. The number of rotatable bonds is 3. The lowest BCUT2D eigenvalue weighted by Gasteiger charge is -2.16. The van der Waals surface area contributed by atoms with Crippen LogP contribution >= 0.6 is 0 Å². The van der Waals surface area contributed by atoms with Crippen molar-refractivity contribution >= 4 is 10.9 Å². The molecule has 1 aromatic carbocycles. The van der Waals surface area contributed by atoms with Crippen LogP contribution in [0.25, 0.3) is 10.9 Å². The first-order valence-corrected chi connectivity index (χ1v) is 6.77. The lowest BCUT2D eigenvalue weighted by Crippen LogP contribution is -2.03. The molecule has 1 atom stereocenters. The van der Waals surface area contributed by atoms with Gasteiger partial charge in [-0.05, 0) is 23.8 Å². The predicted octanol–water partition coefficient (Wildman–Crippen LogP) is 3.73. The zero-order chi connectivity index (χ0) is 14.1. The summed E-state index contributed by atoms with van der Waals surface area (Å²) in [7, 11) is 0. The van der Waals surface area contributed by atoms with Gasteiger partial charge in [0.25, 0.3) is 0 Å². The predicted molar refractivity (Wildman–Crippen MR) is 80.0 cm³/mol. The zero-order valence-electron chi connectivity index (χ0n) is 11.2. The number of hydrogen-bond donors (Lipinski definition) is 1. The normalized spacial score (nSPS) is 12.6. The van der Waals surface area contributed by atoms with E-state index in [2.05, 4.69) is 27.1 Å². The Bertz CT molecular complexity index is 811. The quantitative estimate of drug-likeness (QED) is 0.619. The van der Waals surface area contributed by atoms with Crippen molar-refractivity contribution < 1.29 is 4.42 Å². The molecule has 0 aliphatic heterocycles. The van der Waals surface area contributed by atoms with Gasteiger partial charge in [-0.25, -0.2) is 4.98 Å². The van der Waals surface area contributed by atoms with E-state index in [1.165, 1.54) is 5.56 Å². The molecule has 3 heterocycles. The molecule has 1 N–H and O–H groups in total. The monoisotopic (exact) mass is 275 g/mol. The van der Waals surface area contributed by atoms with Gasteiger partial charge in [-0.1, -0.05) is 18.2 Å². The molecule has 0 spiro atoms. The van der Waals surface area contributed by atoms with Gasteiger partial charge in [0.1, 0.15) is 0 Å². The first-order valence-electron chi connectivity index (χ1n) is 6.77. The Morgan fingerprint density at radius 2 is 2.10 bits per heavy atom. The maximum absolute atomic E-state index is 5.28. The standard InChI is InChI=1S/C17H13N3O/c1-3-14(13-4-2-7-19-15(13)5-1)17(12-6-8-21-10-12)16-9-18-11-20-16/h1-11,17H,(H,18,20). The summed E-state index contributed by atoms with van der Waals surface area (Å²) in [5.74, 6) is 0.0548. The van der Waals surface area contributed by atoms with Crippen LogP contribution in [0.4, 0.5) is 0 Å². The van der Waals surface area contributed by atoms with Crippen molar-refractivity contribution in [2.75, 3.05) is 0 Å². The number of aromatic nitrogens is 3. The Morgan fingerprint density at radius 1 is 1.10 bits per heavy atom. The summed E-state index contributed by atoms with van der Waals surface area (Å²) >= 11 is 0. The van der Waals surface area contributed by atoms with Crippen LogP contribution in [-0.2, 0) is 0 Å². The first kappa shape index (κ1) is 11.9. The third-order valence-corrected chi connectivity index (χ3v) is 3.70. The summed E-state index contributed by atoms with van der Waals surface area (Å²) in [4.78, 5) is 11.8. The highest BCUT2D eigenvalue weighted by molar-refractivity contribution is 5.83. The van der Waals surface area contributed by atoms with Crippen LogP contribution in [0.5, 0.6) is 0 Å². The molecule has 3 aromatic heterocycles. The van der Waals surface area contributed by atoms with Gasteiger partial charge in [0.15, 0.2) is 0 Å². The molecular formula is C17H13N3O. The van der Waals surface area contributed by atoms with Gasteiger partial charge >= 0.3 is 0 Å². The van der Waals surface area contributed by atoms with Crippen molar-refractivity contribution in [2.24, 2.45) is 0 Å². The third-order valence-electron chi connectivity index (χ3n) is 3.70. The molecule has 0 fully saturated rings. The minimum atomic E-state index is 0.0548. The number of benzene rings is 1. The molecule has 21 heavy (non-hydrogen) atoms. The summed E-state index contributed by atoms with van der Waals surface area (Å²) < 4.78 is 5.28. The summed E-state index contributed by atoms with van der Waals surface area (Å²) in [6.45, 7) is 0. The van der Waals surface area contributed by atoms with Crippen LogP contribution in [-0.4, -0.2) is 15.0 Å². The van der Waals surface area contributed by atoms with E-state index >= 15 is 0 Å². The van der Waals surface area contributed by atoms with Gasteiger partial charge < -0.3 is 9.40 Å². The Balaban J connectivity index is 1.98. The van der Waals surface area contributed by atoms with Crippen LogP contribution < -0.4 is 0 Å². The summed E-state index contributed by atoms with van der Waals surface area (Å²) in [5.41, 5.74) is 4.30. The topological polar surface area (TPSA) is 54.7 Å². The van der Waals surface area contributed by atoms with Crippen LogP contribution in [0.2, 0.25) is 0 Å². The zero-order valence-corrected chi connectivity index (χ0v) is 11.2. The van der Waals surface area contributed by atoms with Gasteiger partial charge in [0, 0.05) is 29.0 Å². The molecule has 0 bridgehead atoms. The number of imidazole rings is 1. The summed E-state index contributed by atoms with van der Waals surface area (Å²) in [5, 5.41) is 1.14. The van der Waals surface area contributed by atoms with Gasteiger partial charge in [0.05, 0.1) is 30.3 Å². The Morgan fingerprint density at radius 3 is 2.90 bits per heavy atom. The molecule has 4 heteroatoms. The number of pyridine rings is 1. The second-order valence-electron chi connectivity index (χ2n) is 4.91. The highest BCUT2D eigenvalue weighted by Gasteiger charge is 2.21. The van der Waals surface area contributed by atoms with Crippen molar-refractivity contribution in [1.29, 1.82) is 0 Å². The van der Waals surface area contributed by atoms with E-state index < -0.39 is 0 Å². The largest absolute Gasteiger partial charge is 0.472 e. The lowest BCUT2D eigenvalue weighted by atomic mass is 9.88. The molecule has 0 aliphatic carbocycles. The van der Waals surface area contributed by atoms with Gasteiger partial charge in [0.2, 0.25) is 0 Å². The van der Waals surface area contributed by atoms with E-state index in [1.807, 2.05) is 36.7 Å². The number of aromatic amines is 1. The van der Waals surface area contributed by atoms with Crippen molar-refractivity contribution in [3.8, 4) is 0 Å². The fraction of sp³-hybridized carbons (Fsp3) is 0.0588. The summed E-state index contributed by atoms with van der Waals surface area (Å²) in [6, 6.07) is 12.2. The minimum Gasteiger partial charge on any atom is -0.472 e. The van der Waals surface area contributed by atoms with E-state index in [0.717, 1.165) is 22.2 Å². The number of H-pyrrole nitrogens is 1. The number of nitrogens with zero attached hydrogens (tertiary/aromatic N) is 2. The Kier molecular flexibility index (Phi) is 2.78. The molecule has 0 saturated carbocycles. The number of nitrogens with one attached hydrogen (secondary N) is 1. The van der Waals surface area contributed by atoms with Crippen LogP contribution in [0, 0.1) is 0 Å². The molecule has 102 valence electrons. The molecule has 0 saturated heterocycles. The molecule has 0 radical (unpaired) electrons. The van der Waals surface area contributed by atoms with Crippen molar-refractivity contribution in [3.05, 3.63) is 84.5 Å². The van der Waals surface area contributed by atoms with E-state index in [0.29, 0.717) is 0 Å². The SMILES string of the molecule is c1cc(C(c2ccoc2)c2cnc[nH]2)c2cccnc2c1. The second kappa shape index (κ2) is 4.90. The maximum atomic E-state index is 5.28. The number of fused-ring (bicyclic) bond motifs is 1. The lowest BCUT2D eigenvalue weighted by molar-refractivity contribution is 0.563. The molecule has 1 unspecified atom stereocenters. The fourth-order valence-corrected chi connectivity index (χ4v) is 2.77. The van der Waals surface area contributed by atoms with Crippen LogP contribution in [0.1, 0.15) is 22.7 Å². The van der Waals surface area contributed by atoms with E-state index in [9.17, 15) is 0 Å². The smallest absolute Gasteiger partial charge is 0.0944 e. The van der Waals surface area contributed by atoms with Crippen molar-refractivity contribution in [2.45, 2.75) is 5.92 Å². The number of hydrogen-bond acceptors (Lipinski definition) is 3. The molecule has 4 aromatic rings. The van der Waals surface area contributed by atoms with E-state index in [1.54, 1.807) is 18.9 Å². The number of furan rings is 1. The second-order valence-corrected chi connectivity index (χ2v) is 4.91. The molecule has 0 aliphatic rings. The molecule has 0 amide bonds. The van der Waals surface area contributed by atoms with Gasteiger partial charge in [-0.2, -0.15) is 0 Å². The molecule has 4 nitrogen and oxygen atoms in total. The molecule has 4 rings (SSSR count). The van der Waals surface area contributed by atoms with Crippen molar-refractivity contribution in [1.82, 2.24) is 15.0 Å². The summed E-state index contributed by atoms with van der Waals surface area (Å²) in [6.07, 6.45) is 8.84. The van der Waals surface area contributed by atoms with E-state index in [4.69, 9.17) is 4.42 Å². The average molecular weight is 275 g/mol. The maximum Gasteiger partial charge on any atom is 0.0944 e. The highest BCUT2D eigenvalue weighted by Crippen LogP contribution is 2.34. The highest BCUT2D eigenvalue weighted by atomic mass is 16.3. The fourth-order valence-electron chi connectivity index (χ4n) is 2.77. The average Bonchev–Trinajstić information content (AvgIpc) is 3.22. The molecular weight excluding hydrogens is 262 g/mol. The van der Waals surface area contributed by atoms with E-state index in [-0.39, 0.29) is 5.92 Å². The minimum absolute atomic E-state index is 0.0548. The van der Waals surface area contributed by atoms with Crippen LogP contribution in [0.15, 0.2) is 72.1 Å². The Hall–Kier alpha value is -2.88. The van der Waals surface area contributed by atoms with Crippen molar-refractivity contribution in [3.63, 3.8) is 0 Å². The van der Waals surface area contributed by atoms with Gasteiger partial charge in [-0.15, -0.1) is 0 Å². The first-order chi connectivity index (χ1) is 10.4.